The van der Waals surface area contributed by atoms with E-state index in [2.05, 4.69) is 37.2 Å². The number of nitrogens with zero attached hydrogens (tertiary/aromatic N) is 5. The summed E-state index contributed by atoms with van der Waals surface area (Å²) < 4.78 is 16.4. The monoisotopic (exact) mass is 437 g/mol. The van der Waals surface area contributed by atoms with Gasteiger partial charge in [0.05, 0.1) is 44.7 Å². The molecule has 2 saturated heterocycles. The molecule has 5 rings (SSSR count). The molecule has 0 bridgehead atoms. The third-order valence-corrected chi connectivity index (χ3v) is 5.74. The smallest absolute Gasteiger partial charge is 0.143 e. The van der Waals surface area contributed by atoms with Crippen LogP contribution in [0.1, 0.15) is 0 Å². The topological polar surface area (TPSA) is 111 Å². The van der Waals surface area contributed by atoms with Crippen LogP contribution in [-0.4, -0.2) is 74.7 Å². The van der Waals surface area contributed by atoms with Gasteiger partial charge in [0, 0.05) is 55.5 Å². The van der Waals surface area contributed by atoms with Gasteiger partial charge in [-0.15, -0.1) is 0 Å². The first kappa shape index (κ1) is 20.5. The van der Waals surface area contributed by atoms with Crippen molar-refractivity contribution < 1.29 is 14.2 Å². The Labute approximate surface area is 186 Å². The minimum atomic E-state index is 0.530. The Morgan fingerprint density at radius 3 is 2.38 bits per heavy atom. The van der Waals surface area contributed by atoms with E-state index in [0.717, 1.165) is 61.8 Å². The number of nitrogens with two attached hydrogens (primary N) is 1. The number of pyridine rings is 1. The molecule has 2 aliphatic heterocycles. The van der Waals surface area contributed by atoms with E-state index in [9.17, 15) is 0 Å². The first-order chi connectivity index (χ1) is 15.7. The van der Waals surface area contributed by atoms with Crippen molar-refractivity contribution in [2.24, 2.45) is 0 Å². The largest absolute Gasteiger partial charge is 0.495 e. The van der Waals surface area contributed by atoms with Crippen molar-refractivity contribution >= 4 is 39.7 Å². The fraction of sp³-hybridized carbons (Fsp3) is 0.409. The number of nitrogens with one attached hydrogen (secondary N) is 1. The molecule has 4 heterocycles. The van der Waals surface area contributed by atoms with Gasteiger partial charge in [-0.1, -0.05) is 0 Å². The zero-order valence-corrected chi connectivity index (χ0v) is 18.1. The van der Waals surface area contributed by atoms with Crippen molar-refractivity contribution in [3.63, 3.8) is 0 Å². The standard InChI is InChI=1S/C22H27N7O3/c1-30-19-13-18-16(12-17(19)23)22(25-14-24-18)27-20-10-15(28-2-6-31-7-3-28)11-21(26-20)29-4-8-32-9-5-29/h10-14H,2-9,23H2,1H3,(H,24,25,26,27). The van der Waals surface area contributed by atoms with Crippen LogP contribution in [0.4, 0.5) is 28.8 Å². The lowest BCUT2D eigenvalue weighted by Gasteiger charge is -2.32. The molecule has 0 atom stereocenters. The molecule has 0 amide bonds. The maximum absolute atomic E-state index is 6.14. The summed E-state index contributed by atoms with van der Waals surface area (Å²) in [5.41, 5.74) is 8.52. The van der Waals surface area contributed by atoms with Crippen LogP contribution >= 0.6 is 0 Å². The molecule has 2 aliphatic rings. The van der Waals surface area contributed by atoms with Crippen LogP contribution in [0.5, 0.6) is 5.75 Å². The van der Waals surface area contributed by atoms with Gasteiger partial charge in [0.2, 0.25) is 0 Å². The van der Waals surface area contributed by atoms with Gasteiger partial charge in [-0.25, -0.2) is 15.0 Å². The highest BCUT2D eigenvalue weighted by molar-refractivity contribution is 5.94. The molecule has 0 aliphatic carbocycles. The van der Waals surface area contributed by atoms with Gasteiger partial charge < -0.3 is 35.1 Å². The molecule has 0 saturated carbocycles. The molecular formula is C22H27N7O3. The number of methoxy groups -OCH3 is 1. The van der Waals surface area contributed by atoms with Crippen molar-refractivity contribution in [3.05, 3.63) is 30.6 Å². The summed E-state index contributed by atoms with van der Waals surface area (Å²) in [6.45, 7) is 6.15. The van der Waals surface area contributed by atoms with E-state index in [0.29, 0.717) is 36.3 Å². The SMILES string of the molecule is COc1cc2ncnc(Nc3cc(N4CCOCC4)cc(N4CCOCC4)n3)c2cc1N. The lowest BCUT2D eigenvalue weighted by Crippen LogP contribution is -2.38. The third-order valence-electron chi connectivity index (χ3n) is 5.74. The second-order valence-electron chi connectivity index (χ2n) is 7.73. The van der Waals surface area contributed by atoms with E-state index in [1.165, 1.54) is 6.33 Å². The summed E-state index contributed by atoms with van der Waals surface area (Å²) in [5, 5.41) is 4.20. The Kier molecular flexibility index (Phi) is 5.78. The lowest BCUT2D eigenvalue weighted by atomic mass is 10.2. The van der Waals surface area contributed by atoms with Crippen molar-refractivity contribution in [2.45, 2.75) is 0 Å². The summed E-state index contributed by atoms with van der Waals surface area (Å²) >= 11 is 0. The van der Waals surface area contributed by atoms with Gasteiger partial charge in [-0.2, -0.15) is 0 Å². The Bertz CT molecular complexity index is 1060. The van der Waals surface area contributed by atoms with Gasteiger partial charge in [0.15, 0.2) is 0 Å². The highest BCUT2D eigenvalue weighted by atomic mass is 16.5. The van der Waals surface area contributed by atoms with Crippen LogP contribution in [0, 0.1) is 0 Å². The Morgan fingerprint density at radius 1 is 0.938 bits per heavy atom. The minimum Gasteiger partial charge on any atom is -0.495 e. The van der Waals surface area contributed by atoms with Gasteiger partial charge in [0.1, 0.15) is 29.5 Å². The van der Waals surface area contributed by atoms with Crippen molar-refractivity contribution in [1.82, 2.24) is 15.0 Å². The average molecular weight is 438 g/mol. The molecule has 32 heavy (non-hydrogen) atoms. The van der Waals surface area contributed by atoms with Crippen LogP contribution in [-0.2, 0) is 9.47 Å². The number of hydrogen-bond acceptors (Lipinski definition) is 10. The summed E-state index contributed by atoms with van der Waals surface area (Å²) in [6, 6.07) is 7.83. The number of morpholine rings is 2. The number of benzene rings is 1. The molecular weight excluding hydrogens is 410 g/mol. The Morgan fingerprint density at radius 2 is 1.66 bits per heavy atom. The maximum Gasteiger partial charge on any atom is 0.143 e. The molecule has 3 N–H and O–H groups in total. The van der Waals surface area contributed by atoms with E-state index >= 15 is 0 Å². The molecule has 2 aromatic heterocycles. The minimum absolute atomic E-state index is 0.530. The van der Waals surface area contributed by atoms with Gasteiger partial charge in [0.25, 0.3) is 0 Å². The van der Waals surface area contributed by atoms with E-state index in [4.69, 9.17) is 24.9 Å². The van der Waals surface area contributed by atoms with E-state index in [-0.39, 0.29) is 0 Å². The summed E-state index contributed by atoms with van der Waals surface area (Å²) in [4.78, 5) is 18.3. The Balaban J connectivity index is 1.53. The quantitative estimate of drug-likeness (QED) is 0.575. The summed E-state index contributed by atoms with van der Waals surface area (Å²) in [7, 11) is 1.59. The molecule has 0 radical (unpaired) electrons. The number of rotatable bonds is 5. The fourth-order valence-electron chi connectivity index (χ4n) is 4.02. The van der Waals surface area contributed by atoms with Crippen molar-refractivity contribution in [1.29, 1.82) is 0 Å². The summed E-state index contributed by atoms with van der Waals surface area (Å²) in [5.74, 6) is 2.86. The number of ether oxygens (including phenoxy) is 3. The third kappa shape index (κ3) is 4.19. The second kappa shape index (κ2) is 9.01. The normalized spacial score (nSPS) is 16.9. The molecule has 0 unspecified atom stereocenters. The predicted octanol–water partition coefficient (Wildman–Crippen LogP) is 2.03. The van der Waals surface area contributed by atoms with Gasteiger partial charge >= 0.3 is 0 Å². The summed E-state index contributed by atoms with van der Waals surface area (Å²) in [6.07, 6.45) is 1.52. The number of anilines is 5. The molecule has 10 nitrogen and oxygen atoms in total. The first-order valence-electron chi connectivity index (χ1n) is 10.7. The van der Waals surface area contributed by atoms with Crippen molar-refractivity contribution in [3.8, 4) is 5.75 Å². The van der Waals surface area contributed by atoms with Crippen molar-refractivity contribution in [2.75, 3.05) is 80.6 Å². The second-order valence-corrected chi connectivity index (χ2v) is 7.73. The van der Waals surface area contributed by atoms with Gasteiger partial charge in [-0.05, 0) is 6.07 Å². The van der Waals surface area contributed by atoms with E-state index in [1.807, 2.05) is 12.1 Å². The van der Waals surface area contributed by atoms with Crippen LogP contribution in [0.2, 0.25) is 0 Å². The number of aromatic nitrogens is 3. The molecule has 1 aromatic carbocycles. The number of fused-ring (bicyclic) bond motifs is 1. The Hall–Kier alpha value is -3.37. The molecule has 0 spiro atoms. The first-order valence-corrected chi connectivity index (χ1v) is 10.7. The van der Waals surface area contributed by atoms with Crippen LogP contribution in [0.15, 0.2) is 30.6 Å². The zero-order valence-electron chi connectivity index (χ0n) is 18.1. The molecule has 2 fully saturated rings. The van der Waals surface area contributed by atoms with Gasteiger partial charge in [-0.3, -0.25) is 0 Å². The number of hydrogen-bond donors (Lipinski definition) is 2. The van der Waals surface area contributed by atoms with E-state index in [1.54, 1.807) is 7.11 Å². The molecule has 168 valence electrons. The predicted molar refractivity (Wildman–Crippen MR) is 124 cm³/mol. The van der Waals surface area contributed by atoms with Crippen LogP contribution in [0.3, 0.4) is 0 Å². The lowest BCUT2D eigenvalue weighted by molar-refractivity contribution is 0.122. The molecule has 3 aromatic rings. The van der Waals surface area contributed by atoms with Crippen LogP contribution in [0.25, 0.3) is 10.9 Å². The zero-order chi connectivity index (χ0) is 21.9. The highest BCUT2D eigenvalue weighted by Gasteiger charge is 2.19. The number of nitrogen functional groups attached to an aromatic ring is 1. The van der Waals surface area contributed by atoms with Crippen LogP contribution < -0.4 is 25.6 Å². The maximum atomic E-state index is 6.14. The molecule has 10 heteroatoms. The highest BCUT2D eigenvalue weighted by Crippen LogP contribution is 2.32. The van der Waals surface area contributed by atoms with E-state index < -0.39 is 0 Å². The fourth-order valence-corrected chi connectivity index (χ4v) is 4.02. The average Bonchev–Trinajstić information content (AvgIpc) is 2.85.